The molecule has 4 unspecified atom stereocenters. The van der Waals surface area contributed by atoms with Gasteiger partial charge in [0.1, 0.15) is 5.01 Å². The highest BCUT2D eigenvalue weighted by Gasteiger charge is 2.54. The summed E-state index contributed by atoms with van der Waals surface area (Å²) in [5.74, 6) is -0.650. The lowest BCUT2D eigenvalue weighted by atomic mass is 9.86. The molecule has 2 aliphatic rings. The van der Waals surface area contributed by atoms with E-state index in [2.05, 4.69) is 4.98 Å². The number of halogens is 3. The van der Waals surface area contributed by atoms with Crippen molar-refractivity contribution in [2.45, 2.75) is 57.4 Å². The van der Waals surface area contributed by atoms with Crippen molar-refractivity contribution in [1.29, 1.82) is 0 Å². The Kier molecular flexibility index (Phi) is 6.57. The fraction of sp³-hybridized carbons (Fsp3) is 0.565. The maximum Gasteiger partial charge on any atom is 0.416 e. The van der Waals surface area contributed by atoms with Crippen LogP contribution in [0.15, 0.2) is 29.6 Å². The first-order valence-corrected chi connectivity index (χ1v) is 14.0. The zero-order chi connectivity index (χ0) is 25.9. The fourth-order valence-corrected chi connectivity index (χ4v) is 6.94. The molecule has 4 atom stereocenters. The van der Waals surface area contributed by atoms with Crippen molar-refractivity contribution in [3.05, 3.63) is 40.9 Å². The van der Waals surface area contributed by atoms with Gasteiger partial charge in [-0.1, -0.05) is 32.9 Å². The van der Waals surface area contributed by atoms with E-state index in [1.165, 1.54) is 21.7 Å². The van der Waals surface area contributed by atoms with Crippen molar-refractivity contribution in [1.82, 2.24) is 14.2 Å². The summed E-state index contributed by atoms with van der Waals surface area (Å²) in [6.07, 6.45) is -2.84. The summed E-state index contributed by atoms with van der Waals surface area (Å²) in [7, 11) is -3.55. The number of amides is 1. The normalized spacial score (nSPS) is 24.6. The van der Waals surface area contributed by atoms with Crippen LogP contribution in [0.25, 0.3) is 10.6 Å². The number of rotatable bonds is 4. The minimum absolute atomic E-state index is 0.147. The van der Waals surface area contributed by atoms with Gasteiger partial charge in [-0.2, -0.15) is 17.5 Å². The quantitative estimate of drug-likeness (QED) is 0.653. The van der Waals surface area contributed by atoms with Crippen molar-refractivity contribution in [3.8, 4) is 10.6 Å². The average molecular weight is 531 g/mol. The molecule has 12 heteroatoms. The van der Waals surface area contributed by atoms with Crippen molar-refractivity contribution >= 4 is 27.3 Å². The summed E-state index contributed by atoms with van der Waals surface area (Å²) in [5, 5.41) is 2.15. The number of alkyl halides is 3. The van der Waals surface area contributed by atoms with Crippen molar-refractivity contribution in [2.24, 2.45) is 11.1 Å². The Labute approximate surface area is 207 Å². The van der Waals surface area contributed by atoms with Gasteiger partial charge < -0.3 is 10.6 Å². The molecule has 4 rings (SSSR count). The van der Waals surface area contributed by atoms with E-state index in [0.717, 1.165) is 18.4 Å². The van der Waals surface area contributed by atoms with Crippen LogP contribution in [-0.2, 0) is 21.0 Å². The van der Waals surface area contributed by atoms with Gasteiger partial charge >= 0.3 is 6.18 Å². The Bertz CT molecular complexity index is 1220. The van der Waals surface area contributed by atoms with Gasteiger partial charge in [0.05, 0.1) is 29.6 Å². The smallest absolute Gasteiger partial charge is 0.336 e. The van der Waals surface area contributed by atoms with Gasteiger partial charge in [0, 0.05) is 36.0 Å². The molecule has 2 aromatic rings. The third-order valence-corrected chi connectivity index (χ3v) is 9.01. The maximum atomic E-state index is 13.3. The highest BCUT2D eigenvalue weighted by Crippen LogP contribution is 2.44. The molecular weight excluding hydrogens is 501 g/mol. The number of hydrogen-bond acceptors (Lipinski definition) is 6. The fourth-order valence-electron chi connectivity index (χ4n) is 4.91. The van der Waals surface area contributed by atoms with Crippen LogP contribution < -0.4 is 5.73 Å². The number of nitrogens with zero attached hydrogens (tertiary/aromatic N) is 3. The van der Waals surface area contributed by atoms with Gasteiger partial charge in [0.15, 0.2) is 0 Å². The molecular formula is C23H29F3N4O3S2. The third-order valence-electron chi connectivity index (χ3n) is 6.83. The monoisotopic (exact) mass is 530 g/mol. The van der Waals surface area contributed by atoms with Crippen LogP contribution in [0.4, 0.5) is 13.2 Å². The molecule has 0 aliphatic carbocycles. The number of hydrogen-bond donors (Lipinski definition) is 1. The number of carbonyl (C=O) groups is 1. The largest absolute Gasteiger partial charge is 0.416 e. The van der Waals surface area contributed by atoms with E-state index in [1.807, 2.05) is 20.8 Å². The zero-order valence-corrected chi connectivity index (χ0v) is 21.5. The van der Waals surface area contributed by atoms with Crippen molar-refractivity contribution in [2.75, 3.05) is 19.3 Å². The molecule has 0 radical (unpaired) electrons. The molecule has 2 aliphatic heterocycles. The lowest BCUT2D eigenvalue weighted by Crippen LogP contribution is -2.53. The van der Waals surface area contributed by atoms with Crippen LogP contribution in [0.2, 0.25) is 0 Å². The first-order valence-electron chi connectivity index (χ1n) is 11.2. The highest BCUT2D eigenvalue weighted by atomic mass is 32.2. The van der Waals surface area contributed by atoms with E-state index in [1.54, 1.807) is 16.3 Å². The Hall–Kier alpha value is -2.02. The molecule has 2 saturated heterocycles. The van der Waals surface area contributed by atoms with Gasteiger partial charge in [0.2, 0.25) is 15.9 Å². The number of sulfonamides is 1. The standard InChI is InChI=1S/C23H29F3N4O3S2/c1-22(2,3)19(27)21(31)29-9-8-17-18(29)15(11-30(17)35(4,32)33)16-12-34-20(28-16)13-6-5-7-14(10-13)23(24,25)26/h5-7,10,12,15,17-19H,8-9,11,27H2,1-4H3. The molecule has 0 bridgehead atoms. The van der Waals surface area contributed by atoms with Crippen LogP contribution >= 0.6 is 11.3 Å². The third kappa shape index (κ3) is 4.98. The number of benzene rings is 1. The van der Waals surface area contributed by atoms with Gasteiger partial charge in [-0.3, -0.25) is 4.79 Å². The summed E-state index contributed by atoms with van der Waals surface area (Å²) < 4.78 is 66.1. The van der Waals surface area contributed by atoms with Crippen molar-refractivity contribution in [3.63, 3.8) is 0 Å². The predicted molar refractivity (Wildman–Crippen MR) is 128 cm³/mol. The molecule has 0 saturated carbocycles. The molecule has 2 N–H and O–H groups in total. The summed E-state index contributed by atoms with van der Waals surface area (Å²) >= 11 is 1.20. The van der Waals surface area contributed by atoms with E-state index >= 15 is 0 Å². The Morgan fingerprint density at radius 3 is 2.54 bits per heavy atom. The lowest BCUT2D eigenvalue weighted by molar-refractivity contribution is -0.137. The molecule has 1 amide bonds. The van der Waals surface area contributed by atoms with Gasteiger partial charge in [0.25, 0.3) is 0 Å². The second kappa shape index (κ2) is 8.82. The maximum absolute atomic E-state index is 13.3. The second-order valence-electron chi connectivity index (χ2n) is 10.3. The first-order chi connectivity index (χ1) is 16.1. The van der Waals surface area contributed by atoms with Gasteiger partial charge in [-0.15, -0.1) is 11.3 Å². The minimum Gasteiger partial charge on any atom is -0.336 e. The molecule has 3 heterocycles. The van der Waals surface area contributed by atoms with Crippen molar-refractivity contribution < 1.29 is 26.4 Å². The van der Waals surface area contributed by atoms with Gasteiger partial charge in [-0.25, -0.2) is 13.4 Å². The first kappa shape index (κ1) is 26.1. The Balaban J connectivity index is 1.70. The van der Waals surface area contributed by atoms with Crippen LogP contribution in [0, 0.1) is 5.41 Å². The predicted octanol–water partition coefficient (Wildman–Crippen LogP) is 3.53. The minimum atomic E-state index is -4.47. The Morgan fingerprint density at radius 1 is 1.26 bits per heavy atom. The van der Waals surface area contributed by atoms with E-state index in [0.29, 0.717) is 29.2 Å². The highest BCUT2D eigenvalue weighted by molar-refractivity contribution is 7.88. The number of nitrogens with two attached hydrogens (primary N) is 1. The van der Waals surface area contributed by atoms with Crippen LogP contribution in [-0.4, -0.2) is 66.0 Å². The summed E-state index contributed by atoms with van der Waals surface area (Å²) in [6, 6.07) is 3.35. The molecule has 2 fully saturated rings. The number of aromatic nitrogens is 1. The molecule has 35 heavy (non-hydrogen) atoms. The van der Waals surface area contributed by atoms with E-state index in [4.69, 9.17) is 5.73 Å². The topological polar surface area (TPSA) is 96.6 Å². The second-order valence-corrected chi connectivity index (χ2v) is 13.1. The van der Waals surface area contributed by atoms with Crippen LogP contribution in [0.1, 0.15) is 44.4 Å². The van der Waals surface area contributed by atoms with E-state index in [9.17, 15) is 26.4 Å². The van der Waals surface area contributed by atoms with Crippen LogP contribution in [0.3, 0.4) is 0 Å². The molecule has 0 spiro atoms. The number of thiazole rings is 1. The molecule has 1 aromatic heterocycles. The lowest BCUT2D eigenvalue weighted by Gasteiger charge is -2.34. The molecule has 192 valence electrons. The summed E-state index contributed by atoms with van der Waals surface area (Å²) in [6.45, 7) is 6.15. The number of likely N-dealkylation sites (tertiary alicyclic amines) is 1. The van der Waals surface area contributed by atoms with E-state index < -0.39 is 51.2 Å². The molecule has 7 nitrogen and oxygen atoms in total. The van der Waals surface area contributed by atoms with Gasteiger partial charge in [-0.05, 0) is 24.0 Å². The number of fused-ring (bicyclic) bond motifs is 1. The summed E-state index contributed by atoms with van der Waals surface area (Å²) in [4.78, 5) is 19.6. The average Bonchev–Trinajstić information content (AvgIpc) is 3.46. The Morgan fingerprint density at radius 2 is 1.94 bits per heavy atom. The summed E-state index contributed by atoms with van der Waals surface area (Å²) in [5.41, 5.74) is 5.92. The zero-order valence-electron chi connectivity index (χ0n) is 19.9. The molecule has 1 aromatic carbocycles. The number of carbonyl (C=O) groups excluding carboxylic acids is 1. The SMILES string of the molecule is CC(C)(C)C(N)C(=O)N1CCC2C1C(c1csc(-c3cccc(C(F)(F)F)c3)n1)CN2S(C)(=O)=O. The van der Waals surface area contributed by atoms with E-state index in [-0.39, 0.29) is 12.5 Å². The van der Waals surface area contributed by atoms with Crippen LogP contribution in [0.5, 0.6) is 0 Å².